The van der Waals surface area contributed by atoms with Crippen molar-refractivity contribution in [3.63, 3.8) is 0 Å². The highest BCUT2D eigenvalue weighted by Crippen LogP contribution is 2.20. The van der Waals surface area contributed by atoms with E-state index in [0.717, 1.165) is 6.08 Å². The molecule has 0 aromatic heterocycles. The predicted octanol–water partition coefficient (Wildman–Crippen LogP) is 2.54. The Hall–Kier alpha value is -1.33. The minimum absolute atomic E-state index is 0.0612. The number of carbonyl (C=O) groups is 1. The van der Waals surface area contributed by atoms with Crippen molar-refractivity contribution < 1.29 is 19.4 Å². The SMILES string of the molecule is CC(CO)SCc1ccc(/C=C/C(=O)O)cc1F. The lowest BCUT2D eigenvalue weighted by atomic mass is 10.1. The number of benzene rings is 1. The molecule has 0 heterocycles. The van der Waals surface area contributed by atoms with Crippen LogP contribution in [0.15, 0.2) is 24.3 Å². The lowest BCUT2D eigenvalue weighted by Gasteiger charge is -2.08. The lowest BCUT2D eigenvalue weighted by molar-refractivity contribution is -0.131. The summed E-state index contributed by atoms with van der Waals surface area (Å²) in [6.07, 6.45) is 2.32. The summed E-state index contributed by atoms with van der Waals surface area (Å²) in [5.41, 5.74) is 1.06. The summed E-state index contributed by atoms with van der Waals surface area (Å²) < 4.78 is 13.7. The van der Waals surface area contributed by atoms with Gasteiger partial charge in [0.25, 0.3) is 0 Å². The molecule has 1 rings (SSSR count). The van der Waals surface area contributed by atoms with Crippen molar-refractivity contribution in [3.05, 3.63) is 41.2 Å². The van der Waals surface area contributed by atoms with Crippen LogP contribution < -0.4 is 0 Å². The van der Waals surface area contributed by atoms with Crippen LogP contribution in [0.25, 0.3) is 6.08 Å². The monoisotopic (exact) mass is 270 g/mol. The fourth-order valence-electron chi connectivity index (χ4n) is 1.24. The Morgan fingerprint density at radius 3 is 2.83 bits per heavy atom. The van der Waals surface area contributed by atoms with E-state index in [1.54, 1.807) is 12.1 Å². The molecule has 18 heavy (non-hydrogen) atoms. The van der Waals surface area contributed by atoms with Gasteiger partial charge in [-0.2, -0.15) is 11.8 Å². The van der Waals surface area contributed by atoms with Crippen LogP contribution in [0.5, 0.6) is 0 Å². The van der Waals surface area contributed by atoms with Crippen LogP contribution in [0, 0.1) is 5.82 Å². The van der Waals surface area contributed by atoms with E-state index in [4.69, 9.17) is 10.2 Å². The molecule has 1 aromatic rings. The van der Waals surface area contributed by atoms with Gasteiger partial charge in [-0.25, -0.2) is 9.18 Å². The van der Waals surface area contributed by atoms with E-state index in [0.29, 0.717) is 16.9 Å². The molecule has 1 aromatic carbocycles. The maximum absolute atomic E-state index is 13.7. The third-order valence-corrected chi connectivity index (χ3v) is 3.47. The molecule has 0 radical (unpaired) electrons. The Kier molecular flexibility index (Phi) is 5.88. The Morgan fingerprint density at radius 2 is 2.28 bits per heavy atom. The van der Waals surface area contributed by atoms with Gasteiger partial charge in [-0.15, -0.1) is 0 Å². The Bertz CT molecular complexity index is 446. The molecule has 0 fully saturated rings. The zero-order valence-corrected chi connectivity index (χ0v) is 10.8. The highest BCUT2D eigenvalue weighted by molar-refractivity contribution is 7.99. The fraction of sp³-hybridized carbons (Fsp3) is 0.308. The number of hydrogen-bond donors (Lipinski definition) is 2. The number of aliphatic carboxylic acids is 1. The molecule has 1 unspecified atom stereocenters. The van der Waals surface area contributed by atoms with Gasteiger partial charge >= 0.3 is 5.97 Å². The molecule has 2 N–H and O–H groups in total. The molecule has 3 nitrogen and oxygen atoms in total. The third kappa shape index (κ3) is 4.89. The van der Waals surface area contributed by atoms with Gasteiger partial charge in [-0.1, -0.05) is 19.1 Å². The number of rotatable bonds is 6. The summed E-state index contributed by atoms with van der Waals surface area (Å²) in [4.78, 5) is 10.3. The van der Waals surface area contributed by atoms with Gasteiger partial charge in [-0.3, -0.25) is 0 Å². The van der Waals surface area contributed by atoms with Crippen LogP contribution in [0.4, 0.5) is 4.39 Å². The van der Waals surface area contributed by atoms with Crippen LogP contribution in [-0.4, -0.2) is 28.0 Å². The number of thioether (sulfide) groups is 1. The summed E-state index contributed by atoms with van der Waals surface area (Å²) in [5.74, 6) is -0.941. The van der Waals surface area contributed by atoms with Crippen molar-refractivity contribution in [1.29, 1.82) is 0 Å². The van der Waals surface area contributed by atoms with Gasteiger partial charge in [0.1, 0.15) is 5.82 Å². The van der Waals surface area contributed by atoms with Crippen molar-refractivity contribution in [1.82, 2.24) is 0 Å². The summed E-state index contributed by atoms with van der Waals surface area (Å²) in [7, 11) is 0. The molecule has 1 atom stereocenters. The second kappa shape index (κ2) is 7.18. The molecular formula is C13H15FO3S. The summed E-state index contributed by atoms with van der Waals surface area (Å²) in [5, 5.41) is 17.4. The van der Waals surface area contributed by atoms with Gasteiger partial charge in [0, 0.05) is 17.1 Å². The third-order valence-electron chi connectivity index (χ3n) is 2.28. The first kappa shape index (κ1) is 14.7. The molecule has 0 saturated heterocycles. The van der Waals surface area contributed by atoms with Crippen molar-refractivity contribution in [3.8, 4) is 0 Å². The summed E-state index contributed by atoms with van der Waals surface area (Å²) in [6.45, 7) is 1.93. The largest absolute Gasteiger partial charge is 0.478 e. The quantitative estimate of drug-likeness (QED) is 0.780. The van der Waals surface area contributed by atoms with E-state index in [2.05, 4.69) is 0 Å². The molecule has 0 spiro atoms. The van der Waals surface area contributed by atoms with E-state index in [1.807, 2.05) is 6.92 Å². The number of aliphatic hydroxyl groups excluding tert-OH is 1. The summed E-state index contributed by atoms with van der Waals surface area (Å²) >= 11 is 1.47. The molecule has 0 saturated carbocycles. The molecule has 98 valence electrons. The lowest BCUT2D eigenvalue weighted by Crippen LogP contribution is -2.03. The number of aliphatic hydroxyl groups is 1. The summed E-state index contributed by atoms with van der Waals surface area (Å²) in [6, 6.07) is 4.61. The predicted molar refractivity (Wildman–Crippen MR) is 70.9 cm³/mol. The highest BCUT2D eigenvalue weighted by atomic mass is 32.2. The van der Waals surface area contributed by atoms with Gasteiger partial charge in [0.05, 0.1) is 6.61 Å². The molecule has 0 aliphatic heterocycles. The standard InChI is InChI=1S/C13H15FO3S/c1-9(7-15)18-8-11-4-2-10(6-12(11)14)3-5-13(16)17/h2-6,9,15H,7-8H2,1H3,(H,16,17)/b5-3+. The Labute approximate surface area is 109 Å². The maximum Gasteiger partial charge on any atom is 0.328 e. The number of halogens is 1. The molecule has 0 aliphatic carbocycles. The normalized spacial score (nSPS) is 12.8. The second-order valence-electron chi connectivity index (χ2n) is 3.83. The van der Waals surface area contributed by atoms with Crippen LogP contribution in [0.3, 0.4) is 0 Å². The van der Waals surface area contributed by atoms with Crippen molar-refractivity contribution in [2.75, 3.05) is 6.61 Å². The molecule has 0 amide bonds. The first-order chi connectivity index (χ1) is 8.52. The van der Waals surface area contributed by atoms with Gasteiger partial charge in [-0.05, 0) is 23.3 Å². The first-order valence-corrected chi connectivity index (χ1v) is 6.49. The van der Waals surface area contributed by atoms with E-state index in [1.165, 1.54) is 23.9 Å². The smallest absolute Gasteiger partial charge is 0.328 e. The number of carboxylic acids is 1. The number of hydrogen-bond acceptors (Lipinski definition) is 3. The minimum Gasteiger partial charge on any atom is -0.478 e. The second-order valence-corrected chi connectivity index (χ2v) is 5.25. The molecule has 0 bridgehead atoms. The topological polar surface area (TPSA) is 57.5 Å². The van der Waals surface area contributed by atoms with Crippen molar-refractivity contribution >= 4 is 23.8 Å². The van der Waals surface area contributed by atoms with Crippen LogP contribution >= 0.6 is 11.8 Å². The maximum atomic E-state index is 13.7. The fourth-order valence-corrected chi connectivity index (χ4v) is 2.04. The van der Waals surface area contributed by atoms with Crippen LogP contribution in [0.1, 0.15) is 18.1 Å². The average Bonchev–Trinajstić information content (AvgIpc) is 2.34. The van der Waals surface area contributed by atoms with E-state index < -0.39 is 5.97 Å². The van der Waals surface area contributed by atoms with Gasteiger partial charge in [0.2, 0.25) is 0 Å². The molecular weight excluding hydrogens is 255 g/mol. The van der Waals surface area contributed by atoms with E-state index in [-0.39, 0.29) is 17.7 Å². The van der Waals surface area contributed by atoms with Gasteiger partial charge < -0.3 is 10.2 Å². The Morgan fingerprint density at radius 1 is 1.56 bits per heavy atom. The van der Waals surface area contributed by atoms with Crippen LogP contribution in [-0.2, 0) is 10.5 Å². The van der Waals surface area contributed by atoms with Crippen molar-refractivity contribution in [2.24, 2.45) is 0 Å². The van der Waals surface area contributed by atoms with E-state index >= 15 is 0 Å². The van der Waals surface area contributed by atoms with E-state index in [9.17, 15) is 9.18 Å². The minimum atomic E-state index is -1.06. The first-order valence-electron chi connectivity index (χ1n) is 5.45. The Balaban J connectivity index is 2.70. The zero-order valence-electron chi connectivity index (χ0n) is 9.97. The molecule has 0 aliphatic rings. The molecule has 5 heteroatoms. The highest BCUT2D eigenvalue weighted by Gasteiger charge is 2.06. The van der Waals surface area contributed by atoms with Gasteiger partial charge in [0.15, 0.2) is 0 Å². The van der Waals surface area contributed by atoms with Crippen molar-refractivity contribution in [2.45, 2.75) is 17.9 Å². The zero-order chi connectivity index (χ0) is 13.5. The number of carboxylic acid groups (broad SMARTS) is 1. The average molecular weight is 270 g/mol. The van der Waals surface area contributed by atoms with Crippen LogP contribution in [0.2, 0.25) is 0 Å².